The Morgan fingerprint density at radius 2 is 1.51 bits per heavy atom. The molecule has 0 saturated heterocycles. The fraction of sp³-hybridized carbons (Fsp3) is 0.312. The number of phenolic OH excluding ortho intramolecular Hbond substituents is 1. The number of ether oxygens (including phenoxy) is 1. The number of nitrogens with one attached hydrogen (secondary N) is 1. The highest BCUT2D eigenvalue weighted by Gasteiger charge is 2.25. The van der Waals surface area contributed by atoms with Gasteiger partial charge >= 0.3 is 0 Å². The molecule has 3 rings (SSSR count). The molecule has 1 unspecified atom stereocenters. The van der Waals surface area contributed by atoms with E-state index in [2.05, 4.69) is 71.6 Å². The van der Waals surface area contributed by atoms with Crippen molar-refractivity contribution in [3.63, 3.8) is 0 Å². The van der Waals surface area contributed by atoms with Crippen molar-refractivity contribution in [1.82, 2.24) is 5.32 Å². The first kappa shape index (κ1) is 26.2. The molecule has 0 amide bonds. The third kappa shape index (κ3) is 5.79. The standard InChI is InChI=1S/C32H39NO2/c1-20(2)23(6)30(24(7)21(3)4)33-31(25-14-10-9-11-15-25)28-19-22(5)18-27(32(28)34)26-16-12-13-17-29(26)35-8/h9-21,31,33-34H,6H2,1-5,7-8H3/b30-24-. The minimum Gasteiger partial charge on any atom is -0.507 e. The molecule has 0 aromatic heterocycles. The van der Waals surface area contributed by atoms with Crippen LogP contribution in [0.25, 0.3) is 11.1 Å². The van der Waals surface area contributed by atoms with Gasteiger partial charge in [0.15, 0.2) is 0 Å². The van der Waals surface area contributed by atoms with E-state index in [0.717, 1.165) is 44.8 Å². The first-order valence-corrected chi connectivity index (χ1v) is 12.3. The number of aromatic hydroxyl groups is 1. The third-order valence-corrected chi connectivity index (χ3v) is 6.69. The van der Waals surface area contributed by atoms with Crippen molar-refractivity contribution in [3.05, 3.63) is 107 Å². The van der Waals surface area contributed by atoms with Crippen LogP contribution in [0.1, 0.15) is 57.4 Å². The molecule has 0 fully saturated rings. The number of rotatable bonds is 9. The molecule has 0 saturated carbocycles. The highest BCUT2D eigenvalue weighted by molar-refractivity contribution is 5.78. The molecule has 0 spiro atoms. The van der Waals surface area contributed by atoms with Gasteiger partial charge in [-0.05, 0) is 66.2 Å². The van der Waals surface area contributed by atoms with E-state index in [0.29, 0.717) is 5.92 Å². The molecule has 35 heavy (non-hydrogen) atoms. The fourth-order valence-corrected chi connectivity index (χ4v) is 4.27. The molecule has 0 aliphatic carbocycles. The first-order chi connectivity index (χ1) is 16.6. The summed E-state index contributed by atoms with van der Waals surface area (Å²) in [6, 6.07) is 21.9. The van der Waals surface area contributed by atoms with E-state index >= 15 is 0 Å². The number of para-hydroxylation sites is 1. The Bertz CT molecular complexity index is 1210. The zero-order valence-corrected chi connectivity index (χ0v) is 22.1. The normalized spacial score (nSPS) is 12.9. The molecule has 184 valence electrons. The topological polar surface area (TPSA) is 41.5 Å². The zero-order chi connectivity index (χ0) is 25.7. The molecule has 3 aromatic carbocycles. The van der Waals surface area contributed by atoms with Crippen LogP contribution in [-0.2, 0) is 0 Å². The largest absolute Gasteiger partial charge is 0.507 e. The Morgan fingerprint density at radius 1 is 0.886 bits per heavy atom. The Labute approximate surface area is 211 Å². The molecule has 0 bridgehead atoms. The maximum absolute atomic E-state index is 11.7. The Balaban J connectivity index is 2.26. The Kier molecular flexibility index (Phi) is 8.45. The number of aryl methyl sites for hydroxylation is 1. The van der Waals surface area contributed by atoms with Crippen LogP contribution >= 0.6 is 0 Å². The molecule has 3 aromatic rings. The van der Waals surface area contributed by atoms with Gasteiger partial charge in [0.2, 0.25) is 0 Å². The van der Waals surface area contributed by atoms with Crippen molar-refractivity contribution >= 4 is 0 Å². The second kappa shape index (κ2) is 11.3. The number of methoxy groups -OCH3 is 1. The zero-order valence-electron chi connectivity index (χ0n) is 22.1. The van der Waals surface area contributed by atoms with E-state index in [1.54, 1.807) is 7.11 Å². The van der Waals surface area contributed by atoms with E-state index in [4.69, 9.17) is 4.74 Å². The maximum atomic E-state index is 11.7. The van der Waals surface area contributed by atoms with Gasteiger partial charge in [-0.1, -0.05) is 82.8 Å². The van der Waals surface area contributed by atoms with Crippen molar-refractivity contribution < 1.29 is 9.84 Å². The monoisotopic (exact) mass is 469 g/mol. The number of benzene rings is 3. The number of hydrogen-bond donors (Lipinski definition) is 2. The maximum Gasteiger partial charge on any atom is 0.129 e. The van der Waals surface area contributed by atoms with Crippen LogP contribution in [0.15, 0.2) is 90.2 Å². The SMILES string of the molecule is C=C(/C(NC(c1ccccc1)c1cc(C)cc(-c2ccccc2OC)c1O)=C(\C)C(C)C)C(C)C. The van der Waals surface area contributed by atoms with Crippen molar-refractivity contribution in [1.29, 1.82) is 0 Å². The summed E-state index contributed by atoms with van der Waals surface area (Å²) in [5, 5.41) is 15.5. The molecule has 0 aliphatic rings. The lowest BCUT2D eigenvalue weighted by molar-refractivity contribution is 0.415. The average Bonchev–Trinajstić information content (AvgIpc) is 2.85. The highest BCUT2D eigenvalue weighted by Crippen LogP contribution is 2.42. The summed E-state index contributed by atoms with van der Waals surface area (Å²) >= 11 is 0. The van der Waals surface area contributed by atoms with Crippen LogP contribution in [0.4, 0.5) is 0 Å². The molecular weight excluding hydrogens is 430 g/mol. The van der Waals surface area contributed by atoms with E-state index in [9.17, 15) is 5.11 Å². The summed E-state index contributed by atoms with van der Waals surface area (Å²) in [4.78, 5) is 0. The predicted molar refractivity (Wildman–Crippen MR) is 148 cm³/mol. The van der Waals surface area contributed by atoms with Gasteiger partial charge in [-0.25, -0.2) is 0 Å². The van der Waals surface area contributed by atoms with Gasteiger partial charge in [0, 0.05) is 22.4 Å². The quantitative estimate of drug-likeness (QED) is 0.310. The van der Waals surface area contributed by atoms with Gasteiger partial charge in [0.05, 0.1) is 13.2 Å². The Hall–Kier alpha value is -3.46. The summed E-state index contributed by atoms with van der Waals surface area (Å²) in [7, 11) is 1.66. The molecule has 0 aliphatic heterocycles. The number of allylic oxidation sites excluding steroid dienone is 2. The summed E-state index contributed by atoms with van der Waals surface area (Å²) in [5.74, 6) is 1.63. The van der Waals surface area contributed by atoms with Crippen molar-refractivity contribution in [2.75, 3.05) is 7.11 Å². The van der Waals surface area contributed by atoms with Crippen molar-refractivity contribution in [3.8, 4) is 22.6 Å². The number of phenols is 1. The van der Waals surface area contributed by atoms with E-state index in [1.807, 2.05) is 48.5 Å². The van der Waals surface area contributed by atoms with Crippen LogP contribution in [0.2, 0.25) is 0 Å². The summed E-state index contributed by atoms with van der Waals surface area (Å²) in [6.45, 7) is 17.4. The average molecular weight is 470 g/mol. The minimum atomic E-state index is -0.260. The van der Waals surface area contributed by atoms with Crippen LogP contribution < -0.4 is 10.1 Å². The van der Waals surface area contributed by atoms with Crippen LogP contribution in [0, 0.1) is 18.8 Å². The van der Waals surface area contributed by atoms with E-state index in [1.165, 1.54) is 5.57 Å². The second-order valence-electron chi connectivity index (χ2n) is 9.83. The molecule has 2 N–H and O–H groups in total. The van der Waals surface area contributed by atoms with E-state index < -0.39 is 0 Å². The van der Waals surface area contributed by atoms with Crippen LogP contribution in [-0.4, -0.2) is 12.2 Å². The Morgan fingerprint density at radius 3 is 2.11 bits per heavy atom. The highest BCUT2D eigenvalue weighted by atomic mass is 16.5. The second-order valence-corrected chi connectivity index (χ2v) is 9.83. The van der Waals surface area contributed by atoms with Crippen molar-refractivity contribution in [2.24, 2.45) is 11.8 Å². The van der Waals surface area contributed by atoms with Gasteiger partial charge in [0.1, 0.15) is 11.5 Å². The molecule has 3 heteroatoms. The van der Waals surface area contributed by atoms with Gasteiger partial charge in [-0.2, -0.15) is 0 Å². The smallest absolute Gasteiger partial charge is 0.129 e. The molecule has 1 atom stereocenters. The lowest BCUT2D eigenvalue weighted by Gasteiger charge is -2.29. The van der Waals surface area contributed by atoms with Gasteiger partial charge < -0.3 is 15.2 Å². The number of hydrogen-bond acceptors (Lipinski definition) is 3. The van der Waals surface area contributed by atoms with Crippen molar-refractivity contribution in [2.45, 2.75) is 47.6 Å². The lowest BCUT2D eigenvalue weighted by Crippen LogP contribution is -2.26. The predicted octanol–water partition coefficient (Wildman–Crippen LogP) is 8.20. The summed E-state index contributed by atoms with van der Waals surface area (Å²) < 4.78 is 5.61. The van der Waals surface area contributed by atoms with Gasteiger partial charge in [-0.3, -0.25) is 0 Å². The lowest BCUT2D eigenvalue weighted by atomic mass is 9.89. The summed E-state index contributed by atoms with van der Waals surface area (Å²) in [6.07, 6.45) is 0. The van der Waals surface area contributed by atoms with E-state index in [-0.39, 0.29) is 17.7 Å². The molecule has 3 nitrogen and oxygen atoms in total. The van der Waals surface area contributed by atoms with Crippen LogP contribution in [0.5, 0.6) is 11.5 Å². The first-order valence-electron chi connectivity index (χ1n) is 12.3. The van der Waals surface area contributed by atoms with Gasteiger partial charge in [0.25, 0.3) is 0 Å². The van der Waals surface area contributed by atoms with Gasteiger partial charge in [-0.15, -0.1) is 0 Å². The fourth-order valence-electron chi connectivity index (χ4n) is 4.27. The molecular formula is C32H39NO2. The van der Waals surface area contributed by atoms with Crippen LogP contribution in [0.3, 0.4) is 0 Å². The molecule has 0 heterocycles. The minimum absolute atomic E-state index is 0.248. The molecule has 0 radical (unpaired) electrons. The third-order valence-electron chi connectivity index (χ3n) is 6.69. The summed E-state index contributed by atoms with van der Waals surface area (Å²) in [5.41, 5.74) is 7.96.